The molecule has 2 aliphatic heterocycles. The van der Waals surface area contributed by atoms with E-state index < -0.39 is 0 Å². The molecule has 1 fully saturated rings. The predicted octanol–water partition coefficient (Wildman–Crippen LogP) is 2.11. The van der Waals surface area contributed by atoms with Gasteiger partial charge in [-0.05, 0) is 44.2 Å². The maximum absolute atomic E-state index is 12.5. The molecule has 1 aromatic carbocycles. The summed E-state index contributed by atoms with van der Waals surface area (Å²) in [6, 6.07) is 9.24. The quantitative estimate of drug-likeness (QED) is 0.888. The van der Waals surface area contributed by atoms with Crippen LogP contribution in [-0.2, 0) is 17.8 Å². The summed E-state index contributed by atoms with van der Waals surface area (Å²) in [5.41, 5.74) is 2.62. The van der Waals surface area contributed by atoms with Gasteiger partial charge in [0, 0.05) is 31.7 Å². The fourth-order valence-electron chi connectivity index (χ4n) is 3.50. The zero-order valence-corrected chi connectivity index (χ0v) is 14.9. The summed E-state index contributed by atoms with van der Waals surface area (Å²) < 4.78 is 0. The molecule has 2 heterocycles. The van der Waals surface area contributed by atoms with Gasteiger partial charge in [-0.1, -0.05) is 24.3 Å². The number of carbonyl (C=O) groups is 1. The third-order valence-electron chi connectivity index (χ3n) is 5.00. The van der Waals surface area contributed by atoms with Crippen LogP contribution in [0.1, 0.15) is 37.8 Å². The normalized spacial score (nSPS) is 22.3. The van der Waals surface area contributed by atoms with Crippen LogP contribution in [-0.4, -0.2) is 42.0 Å². The lowest BCUT2D eigenvalue weighted by atomic mass is 9.95. The zero-order chi connectivity index (χ0) is 15.5. The molecule has 4 nitrogen and oxygen atoms in total. The van der Waals surface area contributed by atoms with Crippen LogP contribution < -0.4 is 10.6 Å². The van der Waals surface area contributed by atoms with Crippen LogP contribution >= 0.6 is 12.4 Å². The van der Waals surface area contributed by atoms with Gasteiger partial charge in [0.05, 0.1) is 6.04 Å². The molecule has 0 radical (unpaired) electrons. The lowest BCUT2D eigenvalue weighted by Crippen LogP contribution is -2.53. The second-order valence-corrected chi connectivity index (χ2v) is 6.82. The Hall–Kier alpha value is -1.10. The molecule has 2 aliphatic rings. The van der Waals surface area contributed by atoms with Crippen LogP contribution in [0, 0.1) is 0 Å². The molecule has 0 saturated carbocycles. The van der Waals surface area contributed by atoms with Gasteiger partial charge in [0.1, 0.15) is 0 Å². The third-order valence-corrected chi connectivity index (χ3v) is 5.00. The smallest absolute Gasteiger partial charge is 0.237 e. The van der Waals surface area contributed by atoms with E-state index in [1.165, 1.54) is 11.1 Å². The topological polar surface area (TPSA) is 44.4 Å². The largest absolute Gasteiger partial charge is 0.352 e. The molecule has 1 atom stereocenters. The Bertz CT molecular complexity index is 527. The van der Waals surface area contributed by atoms with Gasteiger partial charge in [0.2, 0.25) is 5.91 Å². The van der Waals surface area contributed by atoms with Crippen molar-refractivity contribution < 1.29 is 4.79 Å². The highest BCUT2D eigenvalue weighted by atomic mass is 35.5. The first-order valence-electron chi connectivity index (χ1n) is 8.48. The summed E-state index contributed by atoms with van der Waals surface area (Å²) in [6.07, 6.45) is 2.92. The fourth-order valence-corrected chi connectivity index (χ4v) is 3.50. The first kappa shape index (κ1) is 18.2. The van der Waals surface area contributed by atoms with Gasteiger partial charge in [-0.3, -0.25) is 4.79 Å². The van der Waals surface area contributed by atoms with Gasteiger partial charge in [0.15, 0.2) is 0 Å². The molecule has 3 rings (SSSR count). The van der Waals surface area contributed by atoms with Crippen molar-refractivity contribution in [3.8, 4) is 0 Å². The summed E-state index contributed by atoms with van der Waals surface area (Å²) in [6.45, 7) is 7.44. The Morgan fingerprint density at radius 1 is 1.22 bits per heavy atom. The SMILES string of the molecule is CC(C)N1CCC(NC(=O)C2Cc3ccccc3CN2)CC1.Cl. The van der Waals surface area contributed by atoms with Crippen molar-refractivity contribution in [2.24, 2.45) is 0 Å². The van der Waals surface area contributed by atoms with Crippen LogP contribution in [0.3, 0.4) is 0 Å². The lowest BCUT2D eigenvalue weighted by molar-refractivity contribution is -0.124. The average molecular weight is 338 g/mol. The Labute approximate surface area is 145 Å². The Morgan fingerprint density at radius 3 is 2.52 bits per heavy atom. The van der Waals surface area contributed by atoms with Crippen LogP contribution in [0.25, 0.3) is 0 Å². The van der Waals surface area contributed by atoms with E-state index in [-0.39, 0.29) is 24.4 Å². The molecule has 1 unspecified atom stereocenters. The summed E-state index contributed by atoms with van der Waals surface area (Å²) >= 11 is 0. The third kappa shape index (κ3) is 4.46. The highest BCUT2D eigenvalue weighted by Crippen LogP contribution is 2.17. The van der Waals surface area contributed by atoms with Crippen LogP contribution in [0.5, 0.6) is 0 Å². The molecule has 1 saturated heterocycles. The summed E-state index contributed by atoms with van der Waals surface area (Å²) in [4.78, 5) is 15.0. The first-order chi connectivity index (χ1) is 10.6. The van der Waals surface area contributed by atoms with Crippen LogP contribution in [0.2, 0.25) is 0 Å². The molecule has 0 bridgehead atoms. The van der Waals surface area contributed by atoms with Crippen molar-refractivity contribution in [1.82, 2.24) is 15.5 Å². The number of amides is 1. The maximum atomic E-state index is 12.5. The number of hydrogen-bond donors (Lipinski definition) is 2. The molecule has 0 aromatic heterocycles. The van der Waals surface area contributed by atoms with E-state index in [0.717, 1.165) is 38.9 Å². The maximum Gasteiger partial charge on any atom is 0.237 e. The second kappa shape index (κ2) is 8.13. The molecule has 1 amide bonds. The Morgan fingerprint density at radius 2 is 1.87 bits per heavy atom. The predicted molar refractivity (Wildman–Crippen MR) is 95.9 cm³/mol. The van der Waals surface area contributed by atoms with E-state index in [1.54, 1.807) is 0 Å². The van der Waals surface area contributed by atoms with Crippen LogP contribution in [0.15, 0.2) is 24.3 Å². The van der Waals surface area contributed by atoms with Gasteiger partial charge in [-0.25, -0.2) is 0 Å². The van der Waals surface area contributed by atoms with Gasteiger partial charge in [-0.15, -0.1) is 12.4 Å². The average Bonchev–Trinajstić information content (AvgIpc) is 2.55. The first-order valence-corrected chi connectivity index (χ1v) is 8.48. The second-order valence-electron chi connectivity index (χ2n) is 6.82. The number of hydrogen-bond acceptors (Lipinski definition) is 3. The van der Waals surface area contributed by atoms with E-state index in [1.807, 2.05) is 0 Å². The molecule has 2 N–H and O–H groups in total. The number of nitrogens with zero attached hydrogens (tertiary/aromatic N) is 1. The Balaban J connectivity index is 0.00000192. The molecular weight excluding hydrogens is 310 g/mol. The van der Waals surface area contributed by atoms with Crippen molar-refractivity contribution in [3.05, 3.63) is 35.4 Å². The minimum Gasteiger partial charge on any atom is -0.352 e. The van der Waals surface area contributed by atoms with Crippen molar-refractivity contribution in [2.45, 2.75) is 57.8 Å². The van der Waals surface area contributed by atoms with Crippen molar-refractivity contribution >= 4 is 18.3 Å². The van der Waals surface area contributed by atoms with Crippen molar-refractivity contribution in [2.75, 3.05) is 13.1 Å². The monoisotopic (exact) mass is 337 g/mol. The zero-order valence-electron chi connectivity index (χ0n) is 14.0. The number of nitrogens with one attached hydrogen (secondary N) is 2. The Kier molecular flexibility index (Phi) is 6.45. The number of piperidine rings is 1. The van der Waals surface area contributed by atoms with Gasteiger partial charge in [-0.2, -0.15) is 0 Å². The van der Waals surface area contributed by atoms with E-state index in [9.17, 15) is 4.79 Å². The number of benzene rings is 1. The summed E-state index contributed by atoms with van der Waals surface area (Å²) in [7, 11) is 0. The number of rotatable bonds is 3. The summed E-state index contributed by atoms with van der Waals surface area (Å²) in [5, 5.41) is 6.62. The van der Waals surface area contributed by atoms with E-state index in [4.69, 9.17) is 0 Å². The van der Waals surface area contributed by atoms with E-state index in [2.05, 4.69) is 53.6 Å². The number of carbonyl (C=O) groups excluding carboxylic acids is 1. The number of fused-ring (bicyclic) bond motifs is 1. The molecule has 0 spiro atoms. The standard InChI is InChI=1S/C18H27N3O.ClH/c1-13(2)21-9-7-16(8-10-21)20-18(22)17-11-14-5-3-4-6-15(14)12-19-17;/h3-6,13,16-17,19H,7-12H2,1-2H3,(H,20,22);1H. The number of halogens is 1. The lowest BCUT2D eigenvalue weighted by Gasteiger charge is -2.35. The minimum absolute atomic E-state index is 0. The van der Waals surface area contributed by atoms with E-state index in [0.29, 0.717) is 12.1 Å². The van der Waals surface area contributed by atoms with Gasteiger partial charge < -0.3 is 15.5 Å². The van der Waals surface area contributed by atoms with E-state index >= 15 is 0 Å². The van der Waals surface area contributed by atoms with Crippen molar-refractivity contribution in [3.63, 3.8) is 0 Å². The minimum atomic E-state index is -0.0852. The van der Waals surface area contributed by atoms with Crippen LogP contribution in [0.4, 0.5) is 0 Å². The molecule has 128 valence electrons. The molecule has 5 heteroatoms. The summed E-state index contributed by atoms with van der Waals surface area (Å²) in [5.74, 6) is 0.164. The molecular formula is C18H28ClN3O. The highest BCUT2D eigenvalue weighted by Gasteiger charge is 2.27. The molecule has 1 aromatic rings. The van der Waals surface area contributed by atoms with Gasteiger partial charge in [0.25, 0.3) is 0 Å². The molecule has 23 heavy (non-hydrogen) atoms. The van der Waals surface area contributed by atoms with Gasteiger partial charge >= 0.3 is 0 Å². The van der Waals surface area contributed by atoms with Crippen molar-refractivity contribution in [1.29, 1.82) is 0 Å². The highest BCUT2D eigenvalue weighted by molar-refractivity contribution is 5.85. The molecule has 0 aliphatic carbocycles. The number of likely N-dealkylation sites (tertiary alicyclic amines) is 1. The fraction of sp³-hybridized carbons (Fsp3) is 0.611.